The highest BCUT2D eigenvalue weighted by atomic mass is 35.5. The lowest BCUT2D eigenvalue weighted by Crippen LogP contribution is -2.48. The van der Waals surface area contributed by atoms with Crippen LogP contribution in [0.5, 0.6) is 0 Å². The van der Waals surface area contributed by atoms with Crippen molar-refractivity contribution in [2.24, 2.45) is 0 Å². The molecule has 1 fully saturated rings. The molecule has 0 bridgehead atoms. The summed E-state index contributed by atoms with van der Waals surface area (Å²) in [6.07, 6.45) is -3.77. The molecule has 6 rings (SSSR count). The van der Waals surface area contributed by atoms with Crippen LogP contribution in [0.4, 0.5) is 13.2 Å². The number of pyridine rings is 1. The smallest absolute Gasteiger partial charge is 0.390 e. The van der Waals surface area contributed by atoms with Crippen molar-refractivity contribution in [1.29, 1.82) is 0 Å². The third-order valence-electron chi connectivity index (χ3n) is 8.88. The molecule has 1 unspecified atom stereocenters. The SMILES string of the molecule is Cc1csc(C2CCCN2C(=O)c2cc(C(=O)N[C@@H](Cc3ccccc3)[C@H](O)CNCc3cccc(C(F)(F)F)c3)cc(-c3cccc(Cl)c3)n2)n1. The maximum absolute atomic E-state index is 14.1. The molecule has 270 valence electrons. The maximum atomic E-state index is 14.1. The molecule has 0 radical (unpaired) electrons. The van der Waals surface area contributed by atoms with E-state index in [9.17, 15) is 27.9 Å². The van der Waals surface area contributed by atoms with E-state index in [0.717, 1.165) is 41.2 Å². The molecular weight excluding hydrogens is 711 g/mol. The summed E-state index contributed by atoms with van der Waals surface area (Å²) < 4.78 is 39.7. The number of benzene rings is 3. The van der Waals surface area contributed by atoms with Crippen LogP contribution in [-0.4, -0.2) is 57.0 Å². The van der Waals surface area contributed by atoms with Crippen molar-refractivity contribution in [2.75, 3.05) is 13.1 Å². The first-order valence-corrected chi connectivity index (χ1v) is 18.1. The Morgan fingerprint density at radius 3 is 2.50 bits per heavy atom. The van der Waals surface area contributed by atoms with Gasteiger partial charge < -0.3 is 20.6 Å². The van der Waals surface area contributed by atoms with Crippen molar-refractivity contribution in [3.05, 3.63) is 140 Å². The number of nitrogens with one attached hydrogen (secondary N) is 2. The fourth-order valence-electron chi connectivity index (χ4n) is 6.27. The van der Waals surface area contributed by atoms with Crippen molar-refractivity contribution in [3.63, 3.8) is 0 Å². The minimum Gasteiger partial charge on any atom is -0.390 e. The first-order chi connectivity index (χ1) is 24.9. The molecule has 3 N–H and O–H groups in total. The number of likely N-dealkylation sites (tertiary alicyclic amines) is 1. The quantitative estimate of drug-likeness (QED) is 0.121. The summed E-state index contributed by atoms with van der Waals surface area (Å²) >= 11 is 7.82. The topological polar surface area (TPSA) is 107 Å². The van der Waals surface area contributed by atoms with E-state index < -0.39 is 29.8 Å². The molecule has 3 aromatic carbocycles. The van der Waals surface area contributed by atoms with E-state index in [1.54, 1.807) is 41.3 Å². The highest BCUT2D eigenvalue weighted by molar-refractivity contribution is 7.09. The van der Waals surface area contributed by atoms with Crippen molar-refractivity contribution < 1.29 is 27.9 Å². The van der Waals surface area contributed by atoms with E-state index in [2.05, 4.69) is 15.6 Å². The first kappa shape index (κ1) is 37.1. The molecule has 1 aliphatic rings. The third-order valence-corrected chi connectivity index (χ3v) is 10.2. The minimum absolute atomic E-state index is 0.0194. The Morgan fingerprint density at radius 1 is 1.00 bits per heavy atom. The van der Waals surface area contributed by atoms with Crippen molar-refractivity contribution in [1.82, 2.24) is 25.5 Å². The number of hydrogen-bond acceptors (Lipinski definition) is 7. The second-order valence-electron chi connectivity index (χ2n) is 12.8. The fourth-order valence-corrected chi connectivity index (χ4v) is 7.41. The van der Waals surface area contributed by atoms with E-state index in [0.29, 0.717) is 28.4 Å². The molecular formula is C39H37ClF3N5O3S. The second kappa shape index (κ2) is 16.4. The highest BCUT2D eigenvalue weighted by Crippen LogP contribution is 2.35. The number of alkyl halides is 3. The van der Waals surface area contributed by atoms with Gasteiger partial charge in [0.1, 0.15) is 10.7 Å². The Bertz CT molecular complexity index is 2030. The first-order valence-electron chi connectivity index (χ1n) is 16.9. The lowest BCUT2D eigenvalue weighted by atomic mass is 10.00. The molecule has 0 aliphatic carbocycles. The summed E-state index contributed by atoms with van der Waals surface area (Å²) in [5.41, 5.74) is 2.63. The Balaban J connectivity index is 1.26. The van der Waals surface area contributed by atoms with E-state index in [-0.39, 0.29) is 42.7 Å². The van der Waals surface area contributed by atoms with E-state index in [1.165, 1.54) is 23.5 Å². The number of thiazole rings is 1. The van der Waals surface area contributed by atoms with Gasteiger partial charge >= 0.3 is 6.18 Å². The molecule has 2 amide bonds. The van der Waals surface area contributed by atoms with Crippen molar-refractivity contribution in [2.45, 2.75) is 57.1 Å². The second-order valence-corrected chi connectivity index (χ2v) is 14.1. The highest BCUT2D eigenvalue weighted by Gasteiger charge is 2.34. The standard InChI is InChI=1S/C39H37ClF3N5O3S/c1-24-23-52-37(45-24)34-14-7-15-48(34)38(51)33-20-28(19-31(46-33)27-11-6-13-30(40)18-27)36(50)47-32(17-25-8-3-2-4-9-25)35(49)22-44-21-26-10-5-12-29(16-26)39(41,42)43/h2-6,8-13,16,18-20,23,32,34-35,44,49H,7,14-15,17,21-22H2,1H3,(H,47,50)/t32-,34?,35+/m0/s1. The van der Waals surface area contributed by atoms with E-state index in [4.69, 9.17) is 16.6 Å². The average Bonchev–Trinajstić information content (AvgIpc) is 3.80. The van der Waals surface area contributed by atoms with Crippen LogP contribution in [0.1, 0.15) is 67.1 Å². The number of amides is 2. The number of rotatable bonds is 12. The van der Waals surface area contributed by atoms with E-state index >= 15 is 0 Å². The number of halogens is 4. The Labute approximate surface area is 308 Å². The Hall–Kier alpha value is -4.62. The largest absolute Gasteiger partial charge is 0.416 e. The predicted molar refractivity (Wildman–Crippen MR) is 195 cm³/mol. The minimum atomic E-state index is -4.47. The van der Waals surface area contributed by atoms with Crippen LogP contribution in [0.2, 0.25) is 5.02 Å². The summed E-state index contributed by atoms with van der Waals surface area (Å²) in [5, 5.41) is 20.6. The number of aliphatic hydroxyl groups excluding tert-OH is 1. The number of aryl methyl sites for hydroxylation is 1. The van der Waals surface area contributed by atoms with Gasteiger partial charge in [0.15, 0.2) is 0 Å². The summed E-state index contributed by atoms with van der Waals surface area (Å²) in [6.45, 7) is 2.49. The van der Waals surface area contributed by atoms with Crippen LogP contribution in [0.25, 0.3) is 11.3 Å². The summed E-state index contributed by atoms with van der Waals surface area (Å²) in [4.78, 5) is 39.3. The third kappa shape index (κ3) is 9.23. The van der Waals surface area contributed by atoms with Crippen LogP contribution in [0.15, 0.2) is 96.4 Å². The molecule has 8 nitrogen and oxygen atoms in total. The molecule has 13 heteroatoms. The van der Waals surface area contributed by atoms with Gasteiger partial charge in [0.2, 0.25) is 0 Å². The van der Waals surface area contributed by atoms with Gasteiger partial charge in [-0.05, 0) is 67.6 Å². The van der Waals surface area contributed by atoms with Crippen molar-refractivity contribution in [3.8, 4) is 11.3 Å². The van der Waals surface area contributed by atoms with Gasteiger partial charge in [0.25, 0.3) is 11.8 Å². The predicted octanol–water partition coefficient (Wildman–Crippen LogP) is 7.65. The molecule has 1 saturated heterocycles. The number of hydrogen-bond donors (Lipinski definition) is 3. The van der Waals surface area contributed by atoms with Gasteiger partial charge in [-0.3, -0.25) is 9.59 Å². The van der Waals surface area contributed by atoms with Gasteiger partial charge in [0, 0.05) is 46.9 Å². The molecule has 2 aromatic heterocycles. The van der Waals surface area contributed by atoms with Crippen LogP contribution < -0.4 is 10.6 Å². The lowest BCUT2D eigenvalue weighted by Gasteiger charge is -2.26. The van der Waals surface area contributed by atoms with Crippen LogP contribution in [0, 0.1) is 6.92 Å². The van der Waals surface area contributed by atoms with Gasteiger partial charge in [-0.15, -0.1) is 11.3 Å². The summed E-state index contributed by atoms with van der Waals surface area (Å²) in [6, 6.07) is 23.3. The van der Waals surface area contributed by atoms with Gasteiger partial charge in [-0.2, -0.15) is 13.2 Å². The van der Waals surface area contributed by atoms with Crippen molar-refractivity contribution >= 4 is 34.8 Å². The molecule has 0 saturated carbocycles. The zero-order valence-corrected chi connectivity index (χ0v) is 29.8. The Kier molecular flexibility index (Phi) is 11.7. The van der Waals surface area contributed by atoms with E-state index in [1.807, 2.05) is 42.6 Å². The Morgan fingerprint density at radius 2 is 1.77 bits per heavy atom. The van der Waals surface area contributed by atoms with Gasteiger partial charge in [0.05, 0.1) is 29.4 Å². The number of aliphatic hydroxyl groups is 1. The van der Waals surface area contributed by atoms with Crippen LogP contribution in [-0.2, 0) is 19.1 Å². The number of carbonyl (C=O) groups is 2. The van der Waals surface area contributed by atoms with Gasteiger partial charge in [-0.25, -0.2) is 9.97 Å². The molecule has 3 heterocycles. The van der Waals surface area contributed by atoms with Gasteiger partial charge in [-0.1, -0.05) is 72.3 Å². The normalized spacial score (nSPS) is 15.7. The molecule has 3 atom stereocenters. The number of carbonyl (C=O) groups excluding carboxylic acids is 2. The monoisotopic (exact) mass is 747 g/mol. The summed E-state index contributed by atoms with van der Waals surface area (Å²) in [7, 11) is 0. The summed E-state index contributed by atoms with van der Waals surface area (Å²) in [5.74, 6) is -0.862. The van der Waals surface area contributed by atoms with Crippen LogP contribution in [0.3, 0.4) is 0 Å². The molecule has 5 aromatic rings. The zero-order valence-electron chi connectivity index (χ0n) is 28.2. The lowest BCUT2D eigenvalue weighted by molar-refractivity contribution is -0.137. The number of nitrogens with zero attached hydrogens (tertiary/aromatic N) is 3. The molecule has 0 spiro atoms. The van der Waals surface area contributed by atoms with Crippen LogP contribution >= 0.6 is 22.9 Å². The molecule has 52 heavy (non-hydrogen) atoms. The number of aromatic nitrogens is 2. The maximum Gasteiger partial charge on any atom is 0.416 e. The fraction of sp³-hybridized carbons (Fsp3) is 0.282. The average molecular weight is 748 g/mol. The molecule has 1 aliphatic heterocycles. The zero-order chi connectivity index (χ0) is 36.8.